The third-order valence-corrected chi connectivity index (χ3v) is 2.12. The van der Waals surface area contributed by atoms with Gasteiger partial charge in [-0.25, -0.2) is 19.2 Å². The molecule has 0 saturated heterocycles. The summed E-state index contributed by atoms with van der Waals surface area (Å²) in [5.41, 5.74) is -2.74. The van der Waals surface area contributed by atoms with E-state index in [0.717, 1.165) is 0 Å². The average molecular weight is 416 g/mol. The summed E-state index contributed by atoms with van der Waals surface area (Å²) in [6, 6.07) is 0. The Bertz CT molecular complexity index is 591. The van der Waals surface area contributed by atoms with Gasteiger partial charge < -0.3 is 46.0 Å². The normalized spacial score (nSPS) is 10.6. The number of carboxylic acids is 7. The number of aliphatic hydroxyl groups is 2. The van der Waals surface area contributed by atoms with Crippen molar-refractivity contribution in [2.75, 3.05) is 0 Å². The summed E-state index contributed by atoms with van der Waals surface area (Å²) in [6.45, 7) is 0. The molecule has 28 heavy (non-hydrogen) atoms. The van der Waals surface area contributed by atoms with Gasteiger partial charge in [0.2, 0.25) is 0 Å². The predicted molar refractivity (Wildman–Crippen MR) is 78.3 cm³/mol. The molecule has 1 unspecified atom stereocenters. The topological polar surface area (TPSA) is 302 Å². The van der Waals surface area contributed by atoms with Crippen LogP contribution < -0.4 is 0 Å². The molecule has 0 radical (unpaired) electrons. The van der Waals surface area contributed by atoms with Gasteiger partial charge in [0, 0.05) is 0 Å². The minimum Gasteiger partial charge on any atom is -0.481 e. The first-order valence-electron chi connectivity index (χ1n) is 6.44. The summed E-state index contributed by atoms with van der Waals surface area (Å²) in [7, 11) is 0. The molecule has 0 aliphatic rings. The van der Waals surface area contributed by atoms with Crippen LogP contribution in [0.3, 0.4) is 0 Å². The fourth-order valence-corrected chi connectivity index (χ4v) is 0.967. The molecule has 0 aliphatic heterocycles. The molecule has 0 bridgehead atoms. The highest BCUT2D eigenvalue weighted by atomic mass is 16.4. The van der Waals surface area contributed by atoms with E-state index in [1.807, 2.05) is 0 Å². The Morgan fingerprint density at radius 2 is 0.964 bits per heavy atom. The predicted octanol–water partition coefficient (Wildman–Crippen LogP) is -3.19. The molecule has 9 N–H and O–H groups in total. The van der Waals surface area contributed by atoms with Crippen molar-refractivity contribution in [3.05, 3.63) is 0 Å². The molecule has 0 fully saturated rings. The molecule has 160 valence electrons. The van der Waals surface area contributed by atoms with Crippen molar-refractivity contribution in [1.29, 1.82) is 0 Å². The van der Waals surface area contributed by atoms with Crippen LogP contribution in [0, 0.1) is 0 Å². The van der Waals surface area contributed by atoms with Gasteiger partial charge in [-0.05, 0) is 0 Å². The van der Waals surface area contributed by atoms with Crippen molar-refractivity contribution >= 4 is 41.8 Å². The number of carbonyl (C=O) groups is 7. The molecule has 1 atom stereocenters. The van der Waals surface area contributed by atoms with Gasteiger partial charge in [0.05, 0.1) is 19.3 Å². The fraction of sp³-hybridized carbons (Fsp3) is 0.417. The highest BCUT2D eigenvalue weighted by molar-refractivity contribution is 6.27. The van der Waals surface area contributed by atoms with E-state index in [-0.39, 0.29) is 0 Å². The van der Waals surface area contributed by atoms with Gasteiger partial charge in [0.25, 0.3) is 0 Å². The average Bonchev–Trinajstić information content (AvgIpc) is 2.45. The second-order valence-corrected chi connectivity index (χ2v) is 4.54. The summed E-state index contributed by atoms with van der Waals surface area (Å²) in [5.74, 6) is -11.5. The maximum Gasteiger partial charge on any atom is 0.414 e. The molecular formula is C12H16O16. The third-order valence-electron chi connectivity index (χ3n) is 2.12. The third kappa shape index (κ3) is 17.0. The highest BCUT2D eigenvalue weighted by Crippen LogP contribution is 2.15. The van der Waals surface area contributed by atoms with Crippen molar-refractivity contribution in [2.24, 2.45) is 0 Å². The van der Waals surface area contributed by atoms with E-state index in [0.29, 0.717) is 0 Å². The minimum absolute atomic E-state index is 0.755. The summed E-state index contributed by atoms with van der Waals surface area (Å²) in [5, 5.41) is 72.7. The number of hydrogen-bond acceptors (Lipinski definition) is 9. The first-order chi connectivity index (χ1) is 12.5. The van der Waals surface area contributed by atoms with Crippen LogP contribution in [0.1, 0.15) is 19.3 Å². The lowest BCUT2D eigenvalue weighted by Crippen LogP contribution is -2.42. The molecule has 0 heterocycles. The van der Waals surface area contributed by atoms with Gasteiger partial charge in [-0.15, -0.1) is 0 Å². The van der Waals surface area contributed by atoms with Crippen molar-refractivity contribution < 1.29 is 79.5 Å². The van der Waals surface area contributed by atoms with Crippen molar-refractivity contribution in [2.45, 2.75) is 31.0 Å². The van der Waals surface area contributed by atoms with Gasteiger partial charge in [-0.2, -0.15) is 0 Å². The molecule has 0 aromatic heterocycles. The van der Waals surface area contributed by atoms with E-state index in [9.17, 15) is 24.0 Å². The zero-order valence-corrected chi connectivity index (χ0v) is 13.6. The Morgan fingerprint density at radius 3 is 1.07 bits per heavy atom. The van der Waals surface area contributed by atoms with Crippen LogP contribution in [0.4, 0.5) is 0 Å². The van der Waals surface area contributed by atoms with E-state index in [1.165, 1.54) is 0 Å². The highest BCUT2D eigenvalue weighted by Gasteiger charge is 2.40. The number of hydrogen-bond donors (Lipinski definition) is 9. The van der Waals surface area contributed by atoms with Gasteiger partial charge >= 0.3 is 41.8 Å². The van der Waals surface area contributed by atoms with Crippen molar-refractivity contribution in [1.82, 2.24) is 0 Å². The summed E-state index contributed by atoms with van der Waals surface area (Å²) in [4.78, 5) is 68.1. The minimum atomic E-state index is -2.74. The van der Waals surface area contributed by atoms with E-state index >= 15 is 0 Å². The Kier molecular flexibility index (Phi) is 13.9. The Hall–Kier alpha value is -3.79. The fourth-order valence-electron chi connectivity index (χ4n) is 0.967. The largest absolute Gasteiger partial charge is 0.481 e. The smallest absolute Gasteiger partial charge is 0.414 e. The molecule has 0 saturated carbocycles. The molecule has 0 amide bonds. The lowest BCUT2D eigenvalue weighted by molar-refractivity contribution is -0.170. The van der Waals surface area contributed by atoms with E-state index < -0.39 is 72.8 Å². The number of rotatable bonds is 8. The Morgan fingerprint density at radius 1 is 0.643 bits per heavy atom. The molecule has 16 nitrogen and oxygen atoms in total. The molecule has 0 aromatic rings. The van der Waals surface area contributed by atoms with Crippen LogP contribution in [0.15, 0.2) is 0 Å². The number of aliphatic carboxylic acids is 7. The zero-order chi connectivity index (χ0) is 23.2. The van der Waals surface area contributed by atoms with Crippen LogP contribution in [0.2, 0.25) is 0 Å². The van der Waals surface area contributed by atoms with Crippen LogP contribution >= 0.6 is 0 Å². The van der Waals surface area contributed by atoms with Crippen LogP contribution in [-0.4, -0.2) is 99.4 Å². The number of aliphatic hydroxyl groups excluding tert-OH is 1. The molecule has 0 spiro atoms. The van der Waals surface area contributed by atoms with Gasteiger partial charge in [-0.3, -0.25) is 14.4 Å². The van der Waals surface area contributed by atoms with Crippen LogP contribution in [0.25, 0.3) is 0 Å². The maximum atomic E-state index is 10.3. The van der Waals surface area contributed by atoms with Gasteiger partial charge in [0.15, 0.2) is 11.7 Å². The lowest BCUT2D eigenvalue weighted by Gasteiger charge is -2.18. The van der Waals surface area contributed by atoms with Crippen LogP contribution in [-0.2, 0) is 33.6 Å². The van der Waals surface area contributed by atoms with E-state index in [1.54, 1.807) is 0 Å². The summed E-state index contributed by atoms with van der Waals surface area (Å²) < 4.78 is 0. The van der Waals surface area contributed by atoms with Crippen LogP contribution in [0.5, 0.6) is 0 Å². The van der Waals surface area contributed by atoms with E-state index in [4.69, 9.17) is 55.5 Å². The summed E-state index contributed by atoms with van der Waals surface area (Å²) >= 11 is 0. The second-order valence-electron chi connectivity index (χ2n) is 4.54. The SMILES string of the molecule is O=C(O)C(=O)O.O=C(O)CC(O)(CC(=O)O)C(=O)O.O=C(O)CC(O)C(=O)O. The summed E-state index contributed by atoms with van der Waals surface area (Å²) in [6.07, 6.45) is -4.83. The lowest BCUT2D eigenvalue weighted by atomic mass is 9.96. The van der Waals surface area contributed by atoms with Crippen molar-refractivity contribution in [3.63, 3.8) is 0 Å². The maximum absolute atomic E-state index is 10.3. The molecule has 0 rings (SSSR count). The number of carboxylic acid groups (broad SMARTS) is 7. The Labute approximate surface area is 153 Å². The Balaban J connectivity index is -0.000000362. The molecule has 0 aliphatic carbocycles. The first-order valence-corrected chi connectivity index (χ1v) is 6.44. The molecule has 16 heteroatoms. The molecule has 0 aromatic carbocycles. The van der Waals surface area contributed by atoms with Crippen molar-refractivity contribution in [3.8, 4) is 0 Å². The standard InChI is InChI=1S/C6H8O7.C4H6O5.C2H2O4/c7-3(8)1-6(13,5(11)12)2-4(9)10;5-2(4(8)9)1-3(6)7;3-1(4)2(5)6/h13H,1-2H2,(H,7,8)(H,9,10)(H,11,12);2,5H,1H2,(H,6,7)(H,8,9);(H,3,4)(H,5,6). The first kappa shape index (κ1) is 29.0. The van der Waals surface area contributed by atoms with Gasteiger partial charge in [-0.1, -0.05) is 0 Å². The second kappa shape index (κ2) is 13.4. The molecular weight excluding hydrogens is 400 g/mol. The van der Waals surface area contributed by atoms with Gasteiger partial charge in [0.1, 0.15) is 0 Å². The monoisotopic (exact) mass is 416 g/mol. The quantitative estimate of drug-likeness (QED) is 0.176. The van der Waals surface area contributed by atoms with E-state index in [2.05, 4.69) is 0 Å². The zero-order valence-electron chi connectivity index (χ0n) is 13.6.